The van der Waals surface area contributed by atoms with Crippen molar-refractivity contribution in [1.82, 2.24) is 0 Å². The summed E-state index contributed by atoms with van der Waals surface area (Å²) in [6, 6.07) is 26.9. The van der Waals surface area contributed by atoms with E-state index in [0.29, 0.717) is 6.04 Å². The van der Waals surface area contributed by atoms with Gasteiger partial charge in [-0.1, -0.05) is 84.9 Å². The smallest absolute Gasteiger partial charge is 0.0622 e. The third kappa shape index (κ3) is 2.05. The van der Waals surface area contributed by atoms with Crippen LogP contribution < -0.4 is 0 Å². The molecular formula is C18H14. The van der Waals surface area contributed by atoms with E-state index in [0.717, 1.165) is 11.1 Å². The molecule has 3 rings (SSSR count). The van der Waals surface area contributed by atoms with E-state index in [4.69, 9.17) is 1.37 Å². The van der Waals surface area contributed by atoms with E-state index in [9.17, 15) is 0 Å². The van der Waals surface area contributed by atoms with Gasteiger partial charge in [0.15, 0.2) is 0 Å². The highest BCUT2D eigenvalue weighted by atomic mass is 14.1. The van der Waals surface area contributed by atoms with Crippen molar-refractivity contribution in [3.63, 3.8) is 0 Å². The summed E-state index contributed by atoms with van der Waals surface area (Å²) in [4.78, 5) is 0. The Labute approximate surface area is 109 Å². The van der Waals surface area contributed by atoms with Crippen LogP contribution >= 0.6 is 0 Å². The molecule has 0 saturated carbocycles. The summed E-state index contributed by atoms with van der Waals surface area (Å²) in [7, 11) is 0. The summed E-state index contributed by atoms with van der Waals surface area (Å²) in [5.41, 5.74) is 4.61. The zero-order chi connectivity index (χ0) is 13.1. The SMILES string of the molecule is [2H]c1ccc(-c2ccccc2)c(-c2ccccc2)c1. The fourth-order valence-electron chi connectivity index (χ4n) is 2.16. The van der Waals surface area contributed by atoms with Crippen molar-refractivity contribution < 1.29 is 1.37 Å². The zero-order valence-electron chi connectivity index (χ0n) is 11.0. The molecule has 0 saturated heterocycles. The normalized spacial score (nSPS) is 11.0. The van der Waals surface area contributed by atoms with Gasteiger partial charge < -0.3 is 0 Å². The number of hydrogen-bond acceptors (Lipinski definition) is 0. The summed E-state index contributed by atoms with van der Waals surface area (Å²) >= 11 is 0. The highest BCUT2D eigenvalue weighted by Gasteiger charge is 2.05. The summed E-state index contributed by atoms with van der Waals surface area (Å²) < 4.78 is 7.84. The molecule has 0 atom stereocenters. The van der Waals surface area contributed by atoms with E-state index < -0.39 is 0 Å². The van der Waals surface area contributed by atoms with Crippen molar-refractivity contribution in [2.75, 3.05) is 0 Å². The summed E-state index contributed by atoms with van der Waals surface area (Å²) in [6.07, 6.45) is 0. The first-order chi connectivity index (χ1) is 9.34. The Bertz CT molecular complexity index is 673. The fourth-order valence-corrected chi connectivity index (χ4v) is 2.16. The van der Waals surface area contributed by atoms with Crippen LogP contribution in [0.15, 0.2) is 84.9 Å². The summed E-state index contributed by atoms with van der Waals surface area (Å²) in [5.74, 6) is 0. The van der Waals surface area contributed by atoms with Crippen LogP contribution in [0.4, 0.5) is 0 Å². The Morgan fingerprint density at radius 1 is 0.500 bits per heavy atom. The molecule has 0 radical (unpaired) electrons. The maximum absolute atomic E-state index is 7.84. The summed E-state index contributed by atoms with van der Waals surface area (Å²) in [5, 5.41) is 0. The van der Waals surface area contributed by atoms with E-state index >= 15 is 0 Å². The molecule has 0 aliphatic heterocycles. The zero-order valence-corrected chi connectivity index (χ0v) is 10.0. The van der Waals surface area contributed by atoms with Crippen LogP contribution in [0.1, 0.15) is 1.37 Å². The molecule has 0 heteroatoms. The van der Waals surface area contributed by atoms with Crippen molar-refractivity contribution in [2.45, 2.75) is 0 Å². The Balaban J connectivity index is 2.21. The van der Waals surface area contributed by atoms with E-state index in [2.05, 4.69) is 24.3 Å². The Morgan fingerprint density at radius 2 is 1.00 bits per heavy atom. The van der Waals surface area contributed by atoms with Gasteiger partial charge in [0.2, 0.25) is 0 Å². The van der Waals surface area contributed by atoms with Gasteiger partial charge in [-0.25, -0.2) is 0 Å². The lowest BCUT2D eigenvalue weighted by atomic mass is 9.95. The van der Waals surface area contributed by atoms with Crippen molar-refractivity contribution in [3.05, 3.63) is 84.9 Å². The third-order valence-electron chi connectivity index (χ3n) is 3.03. The molecule has 0 fully saturated rings. The standard InChI is InChI=1S/C18H14/c1-3-9-15(10-4-1)17-13-7-8-14-18(17)16-11-5-2-6-12-16/h1-14H/i7D. The van der Waals surface area contributed by atoms with Crippen LogP contribution in [0.5, 0.6) is 0 Å². The van der Waals surface area contributed by atoms with Crippen LogP contribution in [-0.2, 0) is 0 Å². The van der Waals surface area contributed by atoms with Gasteiger partial charge in [0.25, 0.3) is 0 Å². The lowest BCUT2D eigenvalue weighted by molar-refractivity contribution is 1.58. The second-order valence-electron chi connectivity index (χ2n) is 4.20. The maximum atomic E-state index is 7.84. The Hall–Kier alpha value is -2.34. The van der Waals surface area contributed by atoms with Gasteiger partial charge in [-0.15, -0.1) is 0 Å². The molecule has 0 bridgehead atoms. The van der Waals surface area contributed by atoms with E-state index in [1.807, 2.05) is 54.6 Å². The number of hydrogen-bond donors (Lipinski definition) is 0. The van der Waals surface area contributed by atoms with Crippen LogP contribution in [0, 0.1) is 0 Å². The predicted molar refractivity (Wildman–Crippen MR) is 77.3 cm³/mol. The molecule has 0 nitrogen and oxygen atoms in total. The number of rotatable bonds is 2. The van der Waals surface area contributed by atoms with Gasteiger partial charge in [0.1, 0.15) is 0 Å². The van der Waals surface area contributed by atoms with Gasteiger partial charge in [-0.3, -0.25) is 0 Å². The highest BCUT2D eigenvalue weighted by molar-refractivity contribution is 5.83. The molecule has 18 heavy (non-hydrogen) atoms. The van der Waals surface area contributed by atoms with Crippen molar-refractivity contribution in [2.24, 2.45) is 0 Å². The van der Waals surface area contributed by atoms with Crippen LogP contribution in [0.3, 0.4) is 0 Å². The molecule has 0 aliphatic rings. The maximum Gasteiger partial charge on any atom is 0.0623 e. The molecule has 0 spiro atoms. The van der Waals surface area contributed by atoms with Crippen LogP contribution in [0.25, 0.3) is 22.3 Å². The van der Waals surface area contributed by atoms with Crippen molar-refractivity contribution in [1.29, 1.82) is 0 Å². The van der Waals surface area contributed by atoms with Gasteiger partial charge in [0.05, 0.1) is 1.37 Å². The molecule has 3 aromatic carbocycles. The second kappa shape index (κ2) is 4.89. The topological polar surface area (TPSA) is 0 Å². The average Bonchev–Trinajstić information content (AvgIpc) is 2.49. The van der Waals surface area contributed by atoms with Crippen LogP contribution in [0.2, 0.25) is 0 Å². The lowest BCUT2D eigenvalue weighted by Crippen LogP contribution is -1.83. The van der Waals surface area contributed by atoms with Gasteiger partial charge in [0, 0.05) is 0 Å². The number of benzene rings is 3. The Morgan fingerprint density at radius 3 is 1.56 bits per heavy atom. The van der Waals surface area contributed by atoms with Crippen molar-refractivity contribution in [3.8, 4) is 22.3 Å². The molecule has 0 amide bonds. The van der Waals surface area contributed by atoms with E-state index in [1.165, 1.54) is 11.1 Å². The minimum Gasteiger partial charge on any atom is -0.0622 e. The molecular weight excluding hydrogens is 216 g/mol. The quantitative estimate of drug-likeness (QED) is 0.581. The molecule has 0 unspecified atom stereocenters. The van der Waals surface area contributed by atoms with E-state index in [1.54, 1.807) is 0 Å². The Kier molecular flexibility index (Phi) is 2.62. The minimum absolute atomic E-state index is 0.540. The first-order valence-electron chi connectivity index (χ1n) is 6.56. The van der Waals surface area contributed by atoms with Gasteiger partial charge in [-0.05, 0) is 22.3 Å². The second-order valence-corrected chi connectivity index (χ2v) is 4.20. The molecule has 0 heterocycles. The summed E-state index contributed by atoms with van der Waals surface area (Å²) in [6.45, 7) is 0. The monoisotopic (exact) mass is 231 g/mol. The molecule has 0 aromatic heterocycles. The minimum atomic E-state index is 0.540. The van der Waals surface area contributed by atoms with E-state index in [-0.39, 0.29) is 0 Å². The fraction of sp³-hybridized carbons (Fsp3) is 0. The van der Waals surface area contributed by atoms with Gasteiger partial charge >= 0.3 is 0 Å². The molecule has 3 aromatic rings. The molecule has 0 aliphatic carbocycles. The largest absolute Gasteiger partial charge is 0.0623 e. The highest BCUT2D eigenvalue weighted by Crippen LogP contribution is 2.31. The molecule has 86 valence electrons. The van der Waals surface area contributed by atoms with Crippen molar-refractivity contribution >= 4 is 0 Å². The lowest BCUT2D eigenvalue weighted by Gasteiger charge is -2.09. The average molecular weight is 231 g/mol. The molecule has 0 N–H and O–H groups in total. The predicted octanol–water partition coefficient (Wildman–Crippen LogP) is 5.02. The first-order valence-corrected chi connectivity index (χ1v) is 6.06. The van der Waals surface area contributed by atoms with Crippen LogP contribution in [-0.4, -0.2) is 0 Å². The first kappa shape index (κ1) is 9.67. The third-order valence-corrected chi connectivity index (χ3v) is 3.03. The van der Waals surface area contributed by atoms with Gasteiger partial charge in [-0.2, -0.15) is 0 Å².